The fourth-order valence-corrected chi connectivity index (χ4v) is 3.49. The number of hydrogen-bond acceptors (Lipinski definition) is 6. The molecular weight excluding hydrogens is 344 g/mol. The van der Waals surface area contributed by atoms with Crippen LogP contribution in [-0.2, 0) is 14.4 Å². The number of benzene rings is 1. The molecule has 7 heteroatoms. The number of nitrogen functional groups attached to an aromatic ring is 1. The van der Waals surface area contributed by atoms with Crippen molar-refractivity contribution in [2.75, 3.05) is 5.73 Å². The van der Waals surface area contributed by atoms with Gasteiger partial charge in [-0.2, -0.15) is 0 Å². The van der Waals surface area contributed by atoms with E-state index in [9.17, 15) is 9.59 Å². The number of piperidine rings is 1. The minimum atomic E-state index is -0.467. The van der Waals surface area contributed by atoms with E-state index >= 15 is 0 Å². The predicted octanol–water partition coefficient (Wildman–Crippen LogP) is 3.35. The summed E-state index contributed by atoms with van der Waals surface area (Å²) in [5.41, 5.74) is 5.75. The van der Waals surface area contributed by atoms with E-state index < -0.39 is 17.0 Å². The molecule has 1 heterocycles. The first kappa shape index (κ1) is 21.3. The van der Waals surface area contributed by atoms with Crippen LogP contribution in [0.5, 0.6) is 0 Å². The number of hydroxylamine groups is 2. The van der Waals surface area contributed by atoms with Crippen LogP contribution in [0, 0.1) is 0 Å². The zero-order valence-corrected chi connectivity index (χ0v) is 16.2. The summed E-state index contributed by atoms with van der Waals surface area (Å²) in [5, 5.41) is 1.72. The fourth-order valence-electron chi connectivity index (χ4n) is 3.49. The molecule has 1 aromatic rings. The van der Waals surface area contributed by atoms with Gasteiger partial charge >= 0.3 is 11.9 Å². The summed E-state index contributed by atoms with van der Waals surface area (Å²) in [5.74, 6) is -0.721. The van der Waals surface area contributed by atoms with Gasteiger partial charge in [-0.25, -0.2) is 4.79 Å². The second-order valence-corrected chi connectivity index (χ2v) is 7.56. The molecule has 2 rings (SSSR count). The molecule has 1 saturated heterocycles. The first-order chi connectivity index (χ1) is 11.0. The normalized spacial score (nSPS) is 19.6. The number of hydrogen-bond donors (Lipinski definition) is 1. The molecule has 140 valence electrons. The van der Waals surface area contributed by atoms with E-state index in [2.05, 4.69) is 0 Å². The Bertz CT molecular complexity index is 610. The maximum atomic E-state index is 12.5. The lowest BCUT2D eigenvalue weighted by Crippen LogP contribution is -2.62. The number of carbonyl (C=O) groups excluding carboxylic acids is 2. The number of halogens is 1. The lowest BCUT2D eigenvalue weighted by molar-refractivity contribution is -0.257. The lowest BCUT2D eigenvalue weighted by Gasteiger charge is -2.52. The highest BCUT2D eigenvalue weighted by Crippen LogP contribution is 2.40. The SMILES string of the molecule is CC(=O)OC1CC(C)(C)N(OC(=O)c2ccc(N)cc2)C(C)(C)C1.Cl. The third kappa shape index (κ3) is 5.09. The van der Waals surface area contributed by atoms with Gasteiger partial charge in [0.25, 0.3) is 0 Å². The summed E-state index contributed by atoms with van der Waals surface area (Å²) in [6.45, 7) is 9.30. The van der Waals surface area contributed by atoms with Gasteiger partial charge in [-0.1, -0.05) is 0 Å². The van der Waals surface area contributed by atoms with Gasteiger partial charge in [0, 0.05) is 25.5 Å². The van der Waals surface area contributed by atoms with Crippen LogP contribution in [0.3, 0.4) is 0 Å². The largest absolute Gasteiger partial charge is 0.462 e. The second-order valence-electron chi connectivity index (χ2n) is 7.56. The monoisotopic (exact) mass is 370 g/mol. The zero-order chi connectivity index (χ0) is 18.1. The average molecular weight is 371 g/mol. The quantitative estimate of drug-likeness (QED) is 0.649. The smallest absolute Gasteiger partial charge is 0.357 e. The Balaban J connectivity index is 0.00000312. The molecule has 1 aromatic carbocycles. The molecule has 0 bridgehead atoms. The Morgan fingerprint density at radius 3 is 2.00 bits per heavy atom. The molecule has 25 heavy (non-hydrogen) atoms. The van der Waals surface area contributed by atoms with Gasteiger partial charge in [-0.3, -0.25) is 4.79 Å². The van der Waals surface area contributed by atoms with Crippen molar-refractivity contribution in [1.29, 1.82) is 0 Å². The Kier molecular flexibility index (Phi) is 6.48. The molecular formula is C18H27ClN2O4. The van der Waals surface area contributed by atoms with Gasteiger partial charge in [-0.15, -0.1) is 17.5 Å². The lowest BCUT2D eigenvalue weighted by atomic mass is 9.80. The Morgan fingerprint density at radius 2 is 1.56 bits per heavy atom. The van der Waals surface area contributed by atoms with Crippen LogP contribution in [-0.4, -0.2) is 34.2 Å². The van der Waals surface area contributed by atoms with Crippen molar-refractivity contribution in [3.63, 3.8) is 0 Å². The Morgan fingerprint density at radius 1 is 1.08 bits per heavy atom. The number of anilines is 1. The predicted molar refractivity (Wildman–Crippen MR) is 98.3 cm³/mol. The van der Waals surface area contributed by atoms with E-state index in [-0.39, 0.29) is 24.5 Å². The molecule has 1 aliphatic rings. The van der Waals surface area contributed by atoms with Gasteiger partial charge in [-0.05, 0) is 52.0 Å². The Labute approximate surface area is 155 Å². The average Bonchev–Trinajstić information content (AvgIpc) is 2.41. The van der Waals surface area contributed by atoms with Crippen LogP contribution in [0.25, 0.3) is 0 Å². The molecule has 0 atom stereocenters. The molecule has 6 nitrogen and oxygen atoms in total. The summed E-state index contributed by atoms with van der Waals surface area (Å²) in [7, 11) is 0. The van der Waals surface area contributed by atoms with E-state index in [4.69, 9.17) is 15.3 Å². The van der Waals surface area contributed by atoms with Gasteiger partial charge in [0.1, 0.15) is 6.10 Å². The summed E-state index contributed by atoms with van der Waals surface area (Å²) in [6.07, 6.45) is 0.981. The van der Waals surface area contributed by atoms with Crippen molar-refractivity contribution in [1.82, 2.24) is 5.06 Å². The molecule has 0 spiro atoms. The molecule has 2 N–H and O–H groups in total. The van der Waals surface area contributed by atoms with Crippen LogP contribution in [0.1, 0.15) is 57.8 Å². The molecule has 0 aromatic heterocycles. The first-order valence-corrected chi connectivity index (χ1v) is 8.07. The molecule has 0 unspecified atom stereocenters. The number of carbonyl (C=O) groups is 2. The topological polar surface area (TPSA) is 81.9 Å². The summed E-state index contributed by atoms with van der Waals surface area (Å²) >= 11 is 0. The number of nitrogens with zero attached hydrogens (tertiary/aromatic N) is 1. The highest BCUT2D eigenvalue weighted by Gasteiger charge is 2.49. The van der Waals surface area contributed by atoms with Crippen molar-refractivity contribution in [2.24, 2.45) is 0 Å². The highest BCUT2D eigenvalue weighted by atomic mass is 35.5. The first-order valence-electron chi connectivity index (χ1n) is 8.07. The maximum absolute atomic E-state index is 12.5. The van der Waals surface area contributed by atoms with Crippen molar-refractivity contribution in [3.8, 4) is 0 Å². The molecule has 0 aliphatic carbocycles. The van der Waals surface area contributed by atoms with Crippen molar-refractivity contribution >= 4 is 30.0 Å². The van der Waals surface area contributed by atoms with E-state index in [1.165, 1.54) is 6.92 Å². The highest BCUT2D eigenvalue weighted by molar-refractivity contribution is 5.89. The van der Waals surface area contributed by atoms with Crippen LogP contribution in [0.15, 0.2) is 24.3 Å². The van der Waals surface area contributed by atoms with E-state index in [1.54, 1.807) is 29.3 Å². The van der Waals surface area contributed by atoms with E-state index in [0.717, 1.165) is 0 Å². The van der Waals surface area contributed by atoms with E-state index in [0.29, 0.717) is 24.1 Å². The minimum absolute atomic E-state index is 0. The fraction of sp³-hybridized carbons (Fsp3) is 0.556. The van der Waals surface area contributed by atoms with Crippen LogP contribution in [0.2, 0.25) is 0 Å². The van der Waals surface area contributed by atoms with Crippen molar-refractivity contribution in [2.45, 2.75) is 64.6 Å². The number of esters is 1. The molecule has 0 saturated carbocycles. The number of ether oxygens (including phenoxy) is 1. The Hall–Kier alpha value is -1.79. The van der Waals surface area contributed by atoms with Crippen LogP contribution < -0.4 is 5.73 Å². The molecule has 0 amide bonds. The van der Waals surface area contributed by atoms with Crippen molar-refractivity contribution in [3.05, 3.63) is 29.8 Å². The number of rotatable bonds is 3. The minimum Gasteiger partial charge on any atom is -0.462 e. The summed E-state index contributed by atoms with van der Waals surface area (Å²) < 4.78 is 5.39. The molecule has 0 radical (unpaired) electrons. The second kappa shape index (κ2) is 7.62. The third-order valence-corrected chi connectivity index (χ3v) is 4.21. The van der Waals surface area contributed by atoms with Crippen LogP contribution >= 0.6 is 12.4 Å². The summed E-state index contributed by atoms with van der Waals surface area (Å²) in [4.78, 5) is 29.5. The standard InChI is InChI=1S/C18H26N2O4.ClH/c1-12(21)23-15-10-17(2,3)20(18(4,5)11-15)24-16(22)13-6-8-14(19)9-7-13;/h6-9,15H,10-11,19H2,1-5H3;1H. The van der Waals surface area contributed by atoms with E-state index in [1.807, 2.05) is 27.7 Å². The van der Waals surface area contributed by atoms with Crippen molar-refractivity contribution < 1.29 is 19.2 Å². The van der Waals surface area contributed by atoms with Gasteiger partial charge in [0.05, 0.1) is 16.6 Å². The van der Waals surface area contributed by atoms with Gasteiger partial charge < -0.3 is 15.3 Å². The van der Waals surface area contributed by atoms with Crippen LogP contribution in [0.4, 0.5) is 5.69 Å². The molecule has 1 fully saturated rings. The third-order valence-electron chi connectivity index (χ3n) is 4.21. The maximum Gasteiger partial charge on any atom is 0.357 e. The number of nitrogens with two attached hydrogens (primary N) is 1. The van der Waals surface area contributed by atoms with Gasteiger partial charge in [0.2, 0.25) is 0 Å². The zero-order valence-electron chi connectivity index (χ0n) is 15.4. The summed E-state index contributed by atoms with van der Waals surface area (Å²) in [6, 6.07) is 6.62. The molecule has 1 aliphatic heterocycles. The van der Waals surface area contributed by atoms with Gasteiger partial charge in [0.15, 0.2) is 0 Å².